The molecule has 0 aliphatic heterocycles. The van der Waals surface area contributed by atoms with E-state index in [0.29, 0.717) is 10.8 Å². The van der Waals surface area contributed by atoms with Crippen LogP contribution in [0, 0.1) is 17.0 Å². The van der Waals surface area contributed by atoms with Gasteiger partial charge in [0, 0.05) is 6.07 Å². The van der Waals surface area contributed by atoms with Crippen molar-refractivity contribution in [2.24, 2.45) is 0 Å². The maximum atomic E-state index is 12.0. The van der Waals surface area contributed by atoms with Crippen LogP contribution in [-0.4, -0.2) is 22.4 Å². The normalized spacial score (nSPS) is 10.5. The molecule has 1 aromatic heterocycles. The van der Waals surface area contributed by atoms with Gasteiger partial charge in [0.1, 0.15) is 5.69 Å². The predicted octanol–water partition coefficient (Wildman–Crippen LogP) is 3.56. The number of thiazole rings is 1. The smallest absolute Gasteiger partial charge is 0.292 e. The van der Waals surface area contributed by atoms with E-state index >= 15 is 0 Å². The number of aromatic nitrogens is 1. The molecule has 0 unspecified atom stereocenters. The van der Waals surface area contributed by atoms with Crippen LogP contribution in [0.4, 0.5) is 16.5 Å². The van der Waals surface area contributed by atoms with Crippen molar-refractivity contribution in [3.05, 3.63) is 58.1 Å². The Morgan fingerprint density at radius 1 is 1.29 bits per heavy atom. The quantitative estimate of drug-likeness (QED) is 0.546. The third-order valence-electron chi connectivity index (χ3n) is 3.33. The van der Waals surface area contributed by atoms with Crippen LogP contribution in [0.25, 0.3) is 10.2 Å². The highest BCUT2D eigenvalue weighted by Gasteiger charge is 2.13. The fraction of sp³-hybridized carbons (Fsp3) is 0.125. The van der Waals surface area contributed by atoms with Gasteiger partial charge in [-0.15, -0.1) is 0 Å². The third kappa shape index (κ3) is 3.49. The Morgan fingerprint density at radius 2 is 2.08 bits per heavy atom. The number of aryl methyl sites for hydroxylation is 1. The van der Waals surface area contributed by atoms with Gasteiger partial charge in [0.25, 0.3) is 5.69 Å². The molecule has 0 saturated carbocycles. The second kappa shape index (κ2) is 6.63. The molecular weight excluding hydrogens is 328 g/mol. The first-order chi connectivity index (χ1) is 11.5. The zero-order chi connectivity index (χ0) is 17.1. The Kier molecular flexibility index (Phi) is 4.39. The van der Waals surface area contributed by atoms with Gasteiger partial charge in [-0.3, -0.25) is 14.9 Å². The van der Waals surface area contributed by atoms with Gasteiger partial charge >= 0.3 is 0 Å². The predicted molar refractivity (Wildman–Crippen MR) is 94.6 cm³/mol. The molecule has 0 spiro atoms. The van der Waals surface area contributed by atoms with Crippen LogP contribution in [0.2, 0.25) is 0 Å². The van der Waals surface area contributed by atoms with Crippen LogP contribution in [0.3, 0.4) is 0 Å². The molecule has 24 heavy (non-hydrogen) atoms. The monoisotopic (exact) mass is 342 g/mol. The average molecular weight is 342 g/mol. The Bertz CT molecular complexity index is 923. The van der Waals surface area contributed by atoms with Gasteiger partial charge in [-0.05, 0) is 30.7 Å². The van der Waals surface area contributed by atoms with Crippen LogP contribution in [0.5, 0.6) is 0 Å². The van der Waals surface area contributed by atoms with Crippen LogP contribution in [-0.2, 0) is 4.79 Å². The largest absolute Gasteiger partial charge is 0.371 e. The molecule has 122 valence electrons. The van der Waals surface area contributed by atoms with E-state index < -0.39 is 4.92 Å². The van der Waals surface area contributed by atoms with Crippen LogP contribution in [0.15, 0.2) is 42.5 Å². The van der Waals surface area contributed by atoms with E-state index in [1.54, 1.807) is 18.2 Å². The molecular formula is C16H14N4O3S. The number of nitro groups is 1. The summed E-state index contributed by atoms with van der Waals surface area (Å²) in [7, 11) is 0. The summed E-state index contributed by atoms with van der Waals surface area (Å²) < 4.78 is 0.997. The molecule has 0 radical (unpaired) electrons. The number of nitrogens with one attached hydrogen (secondary N) is 2. The Morgan fingerprint density at radius 3 is 2.88 bits per heavy atom. The van der Waals surface area contributed by atoms with Gasteiger partial charge in [-0.2, -0.15) is 0 Å². The number of carbonyl (C=O) groups excluding carboxylic acids is 1. The number of anilines is 2. The molecule has 0 saturated heterocycles. The fourth-order valence-electron chi connectivity index (χ4n) is 2.21. The summed E-state index contributed by atoms with van der Waals surface area (Å²) in [6.45, 7) is 1.91. The molecule has 2 N–H and O–H groups in total. The Balaban J connectivity index is 1.66. The number of hydrogen-bond acceptors (Lipinski definition) is 6. The standard InChI is InChI=1S/C16H14N4O3S/c1-10-6-7-12-14(8-10)24-16(18-12)19-15(21)9-17-11-4-2-3-5-13(11)20(22)23/h2-8,17H,9H2,1H3,(H,18,19,21). The van der Waals surface area contributed by atoms with Crippen molar-refractivity contribution in [1.29, 1.82) is 0 Å². The molecule has 8 heteroatoms. The summed E-state index contributed by atoms with van der Waals surface area (Å²) >= 11 is 1.39. The first-order valence-corrected chi connectivity index (χ1v) is 7.99. The minimum absolute atomic E-state index is 0.0687. The molecule has 3 rings (SSSR count). The number of hydrogen-bond donors (Lipinski definition) is 2. The maximum Gasteiger partial charge on any atom is 0.292 e. The zero-order valence-corrected chi connectivity index (χ0v) is 13.6. The van der Waals surface area contributed by atoms with E-state index in [9.17, 15) is 14.9 Å². The molecule has 2 aromatic carbocycles. The van der Waals surface area contributed by atoms with E-state index in [2.05, 4.69) is 15.6 Å². The molecule has 7 nitrogen and oxygen atoms in total. The third-order valence-corrected chi connectivity index (χ3v) is 4.26. The average Bonchev–Trinajstić information content (AvgIpc) is 2.94. The van der Waals surface area contributed by atoms with Gasteiger partial charge < -0.3 is 10.6 Å². The lowest BCUT2D eigenvalue weighted by Crippen LogP contribution is -2.21. The van der Waals surface area contributed by atoms with Crippen molar-refractivity contribution < 1.29 is 9.72 Å². The lowest BCUT2D eigenvalue weighted by Gasteiger charge is -2.06. The number of nitrogens with zero attached hydrogens (tertiary/aromatic N) is 2. The highest BCUT2D eigenvalue weighted by molar-refractivity contribution is 7.22. The van der Waals surface area contributed by atoms with Crippen molar-refractivity contribution in [3.8, 4) is 0 Å². The molecule has 3 aromatic rings. The molecule has 1 amide bonds. The first-order valence-electron chi connectivity index (χ1n) is 7.17. The summed E-state index contributed by atoms with van der Waals surface area (Å²) in [6, 6.07) is 12.1. The second-order valence-electron chi connectivity index (χ2n) is 5.17. The van der Waals surface area contributed by atoms with Gasteiger partial charge in [0.15, 0.2) is 5.13 Å². The van der Waals surface area contributed by atoms with Gasteiger partial charge in [-0.25, -0.2) is 4.98 Å². The van der Waals surface area contributed by atoms with E-state index in [1.165, 1.54) is 17.4 Å². The minimum atomic E-state index is -0.490. The molecule has 0 atom stereocenters. The van der Waals surface area contributed by atoms with Crippen molar-refractivity contribution in [2.75, 3.05) is 17.2 Å². The molecule has 1 heterocycles. The van der Waals surface area contributed by atoms with E-state index in [0.717, 1.165) is 15.8 Å². The topological polar surface area (TPSA) is 97.2 Å². The number of rotatable bonds is 5. The van der Waals surface area contributed by atoms with Crippen LogP contribution >= 0.6 is 11.3 Å². The van der Waals surface area contributed by atoms with E-state index in [1.807, 2.05) is 25.1 Å². The van der Waals surface area contributed by atoms with Crippen molar-refractivity contribution in [2.45, 2.75) is 6.92 Å². The number of nitro benzene ring substituents is 1. The zero-order valence-electron chi connectivity index (χ0n) is 12.8. The summed E-state index contributed by atoms with van der Waals surface area (Å²) in [5.74, 6) is -0.316. The molecule has 0 fully saturated rings. The summed E-state index contributed by atoms with van der Waals surface area (Å²) in [5.41, 5.74) is 2.19. The lowest BCUT2D eigenvalue weighted by atomic mass is 10.2. The summed E-state index contributed by atoms with van der Waals surface area (Å²) in [5, 5.41) is 16.9. The van der Waals surface area contributed by atoms with Crippen LogP contribution < -0.4 is 10.6 Å². The summed E-state index contributed by atoms with van der Waals surface area (Å²) in [4.78, 5) is 26.8. The van der Waals surface area contributed by atoms with E-state index in [4.69, 9.17) is 0 Å². The van der Waals surface area contributed by atoms with E-state index in [-0.39, 0.29) is 18.1 Å². The van der Waals surface area contributed by atoms with Gasteiger partial charge in [0.2, 0.25) is 5.91 Å². The van der Waals surface area contributed by atoms with Gasteiger partial charge in [0.05, 0.1) is 21.7 Å². The van der Waals surface area contributed by atoms with Crippen molar-refractivity contribution in [1.82, 2.24) is 4.98 Å². The number of amides is 1. The number of carbonyl (C=O) groups is 1. The Hall–Kier alpha value is -3.00. The highest BCUT2D eigenvalue weighted by atomic mass is 32.1. The van der Waals surface area contributed by atoms with Crippen LogP contribution in [0.1, 0.15) is 5.56 Å². The SMILES string of the molecule is Cc1ccc2nc(NC(=O)CNc3ccccc3[N+](=O)[O-])sc2c1. The number of benzene rings is 2. The minimum Gasteiger partial charge on any atom is -0.371 e. The fourth-order valence-corrected chi connectivity index (χ4v) is 3.19. The van der Waals surface area contributed by atoms with Gasteiger partial charge in [-0.1, -0.05) is 29.5 Å². The maximum absolute atomic E-state index is 12.0. The molecule has 0 bridgehead atoms. The van der Waals surface area contributed by atoms with Crippen molar-refractivity contribution in [3.63, 3.8) is 0 Å². The molecule has 0 aliphatic carbocycles. The summed E-state index contributed by atoms with van der Waals surface area (Å²) in [6.07, 6.45) is 0. The highest BCUT2D eigenvalue weighted by Crippen LogP contribution is 2.27. The Labute approximate surface area is 141 Å². The number of fused-ring (bicyclic) bond motifs is 1. The number of para-hydroxylation sites is 2. The second-order valence-corrected chi connectivity index (χ2v) is 6.20. The van der Waals surface area contributed by atoms with Crippen molar-refractivity contribution >= 4 is 44.0 Å². The first kappa shape index (κ1) is 15.9. The molecule has 0 aliphatic rings. The lowest BCUT2D eigenvalue weighted by molar-refractivity contribution is -0.383.